The highest BCUT2D eigenvalue weighted by Gasteiger charge is 2.19. The summed E-state index contributed by atoms with van der Waals surface area (Å²) in [5.41, 5.74) is 4.36. The molecule has 0 atom stereocenters. The first-order valence-corrected chi connectivity index (χ1v) is 9.85. The Morgan fingerprint density at radius 3 is 2.17 bits per heavy atom. The smallest absolute Gasteiger partial charge is 0.254 e. The standard InChI is InChI=1S/C25H23NO3/c27-24(22-11-9-21(10-12-22)20-6-2-1-3-7-20)18-19-5-4-8-23(17-19)25(28)26-13-15-29-16-14-26/h1-12,17H,13-16,18H2. The van der Waals surface area contributed by atoms with Crippen molar-refractivity contribution >= 4 is 11.7 Å². The Morgan fingerprint density at radius 2 is 1.45 bits per heavy atom. The molecule has 3 aromatic carbocycles. The van der Waals surface area contributed by atoms with Gasteiger partial charge in [-0.2, -0.15) is 0 Å². The Balaban J connectivity index is 1.45. The maximum atomic E-state index is 12.7. The van der Waals surface area contributed by atoms with Gasteiger partial charge in [-0.15, -0.1) is 0 Å². The second kappa shape index (κ2) is 8.84. The summed E-state index contributed by atoms with van der Waals surface area (Å²) in [4.78, 5) is 27.2. The number of rotatable bonds is 5. The molecule has 0 N–H and O–H groups in total. The van der Waals surface area contributed by atoms with Crippen molar-refractivity contribution in [3.63, 3.8) is 0 Å². The molecule has 0 aliphatic carbocycles. The first kappa shape index (κ1) is 19.1. The number of hydrogen-bond donors (Lipinski definition) is 0. The van der Waals surface area contributed by atoms with E-state index < -0.39 is 0 Å². The quantitative estimate of drug-likeness (QED) is 0.617. The van der Waals surface area contributed by atoms with E-state index in [-0.39, 0.29) is 18.1 Å². The van der Waals surface area contributed by atoms with Crippen LogP contribution in [0.3, 0.4) is 0 Å². The predicted octanol–water partition coefficient (Wildman–Crippen LogP) is 4.25. The van der Waals surface area contributed by atoms with Gasteiger partial charge in [0.1, 0.15) is 0 Å². The van der Waals surface area contributed by atoms with Crippen LogP contribution in [0.2, 0.25) is 0 Å². The van der Waals surface area contributed by atoms with Gasteiger partial charge in [-0.3, -0.25) is 9.59 Å². The Hall–Kier alpha value is -3.24. The highest BCUT2D eigenvalue weighted by Crippen LogP contribution is 2.20. The summed E-state index contributed by atoms with van der Waals surface area (Å²) in [6, 6.07) is 25.1. The lowest BCUT2D eigenvalue weighted by atomic mass is 9.98. The summed E-state index contributed by atoms with van der Waals surface area (Å²) < 4.78 is 5.31. The topological polar surface area (TPSA) is 46.6 Å². The molecule has 0 radical (unpaired) electrons. The summed E-state index contributed by atoms with van der Waals surface area (Å²) in [5.74, 6) is 0.0374. The van der Waals surface area contributed by atoms with Gasteiger partial charge in [0.05, 0.1) is 13.2 Å². The van der Waals surface area contributed by atoms with Gasteiger partial charge >= 0.3 is 0 Å². The Labute approximate surface area is 170 Å². The van der Waals surface area contributed by atoms with Crippen LogP contribution in [0.15, 0.2) is 78.9 Å². The fourth-order valence-corrected chi connectivity index (χ4v) is 3.53. The highest BCUT2D eigenvalue weighted by atomic mass is 16.5. The minimum absolute atomic E-state index is 0.00480. The molecular formula is C25H23NO3. The molecule has 1 heterocycles. The molecule has 0 bridgehead atoms. The van der Waals surface area contributed by atoms with E-state index >= 15 is 0 Å². The lowest BCUT2D eigenvalue weighted by Gasteiger charge is -2.27. The van der Waals surface area contributed by atoms with E-state index in [0.717, 1.165) is 16.7 Å². The van der Waals surface area contributed by atoms with Crippen LogP contribution >= 0.6 is 0 Å². The molecule has 0 unspecified atom stereocenters. The molecule has 4 nitrogen and oxygen atoms in total. The second-order valence-corrected chi connectivity index (χ2v) is 7.15. The molecule has 0 spiro atoms. The molecule has 29 heavy (non-hydrogen) atoms. The van der Waals surface area contributed by atoms with Crippen LogP contribution in [0.1, 0.15) is 26.3 Å². The lowest BCUT2D eigenvalue weighted by molar-refractivity contribution is 0.0303. The molecule has 0 saturated carbocycles. The Bertz CT molecular complexity index is 990. The number of ether oxygens (including phenoxy) is 1. The van der Waals surface area contributed by atoms with Gasteiger partial charge in [-0.1, -0.05) is 66.7 Å². The molecule has 1 fully saturated rings. The van der Waals surface area contributed by atoms with Crippen LogP contribution in [0.5, 0.6) is 0 Å². The number of hydrogen-bond acceptors (Lipinski definition) is 3. The van der Waals surface area contributed by atoms with Gasteiger partial charge < -0.3 is 9.64 Å². The van der Waals surface area contributed by atoms with E-state index in [1.165, 1.54) is 0 Å². The number of morpholine rings is 1. The van der Waals surface area contributed by atoms with Crippen LogP contribution in [-0.4, -0.2) is 42.9 Å². The van der Waals surface area contributed by atoms with Crippen molar-refractivity contribution < 1.29 is 14.3 Å². The molecular weight excluding hydrogens is 362 g/mol. The van der Waals surface area contributed by atoms with E-state index in [0.29, 0.717) is 37.4 Å². The maximum Gasteiger partial charge on any atom is 0.254 e. The Morgan fingerprint density at radius 1 is 0.759 bits per heavy atom. The summed E-state index contributed by atoms with van der Waals surface area (Å²) in [6.45, 7) is 2.36. The van der Waals surface area contributed by atoms with Crippen molar-refractivity contribution in [3.8, 4) is 11.1 Å². The third-order valence-electron chi connectivity index (χ3n) is 5.15. The zero-order chi connectivity index (χ0) is 20.1. The van der Waals surface area contributed by atoms with E-state index in [1.54, 1.807) is 11.0 Å². The van der Waals surface area contributed by atoms with Gasteiger partial charge in [0.2, 0.25) is 0 Å². The number of amides is 1. The van der Waals surface area contributed by atoms with Gasteiger partial charge in [0, 0.05) is 30.6 Å². The first-order valence-electron chi connectivity index (χ1n) is 9.85. The number of Topliss-reactive ketones (excluding diaryl/α,β-unsaturated/α-hetero) is 1. The maximum absolute atomic E-state index is 12.7. The highest BCUT2D eigenvalue weighted by molar-refractivity contribution is 5.99. The van der Waals surface area contributed by atoms with Gasteiger partial charge in [0.25, 0.3) is 5.91 Å². The summed E-state index contributed by atoms with van der Waals surface area (Å²) in [6.07, 6.45) is 0.273. The van der Waals surface area contributed by atoms with Crippen LogP contribution in [0.4, 0.5) is 0 Å². The van der Waals surface area contributed by atoms with Crippen molar-refractivity contribution in [2.75, 3.05) is 26.3 Å². The average molecular weight is 385 g/mol. The molecule has 1 saturated heterocycles. The molecule has 1 aliphatic heterocycles. The average Bonchev–Trinajstić information content (AvgIpc) is 2.80. The van der Waals surface area contributed by atoms with Crippen molar-refractivity contribution in [2.24, 2.45) is 0 Å². The molecule has 3 aromatic rings. The zero-order valence-electron chi connectivity index (χ0n) is 16.2. The zero-order valence-corrected chi connectivity index (χ0v) is 16.2. The number of benzene rings is 3. The molecule has 146 valence electrons. The third-order valence-corrected chi connectivity index (χ3v) is 5.15. The van der Waals surface area contributed by atoms with Gasteiger partial charge in [-0.05, 0) is 28.8 Å². The van der Waals surface area contributed by atoms with Crippen molar-refractivity contribution in [1.29, 1.82) is 0 Å². The van der Waals surface area contributed by atoms with Crippen LogP contribution in [0, 0.1) is 0 Å². The first-order chi connectivity index (χ1) is 14.2. The second-order valence-electron chi connectivity index (χ2n) is 7.15. The monoisotopic (exact) mass is 385 g/mol. The van der Waals surface area contributed by atoms with Gasteiger partial charge in [0.15, 0.2) is 5.78 Å². The van der Waals surface area contributed by atoms with E-state index in [4.69, 9.17) is 4.74 Å². The van der Waals surface area contributed by atoms with Crippen LogP contribution < -0.4 is 0 Å². The summed E-state index contributed by atoms with van der Waals surface area (Å²) >= 11 is 0. The molecule has 1 amide bonds. The van der Waals surface area contributed by atoms with Crippen LogP contribution in [0.25, 0.3) is 11.1 Å². The minimum atomic E-state index is -0.00480. The minimum Gasteiger partial charge on any atom is -0.378 e. The van der Waals surface area contributed by atoms with Crippen molar-refractivity contribution in [3.05, 3.63) is 95.6 Å². The molecule has 4 rings (SSSR count). The summed E-state index contributed by atoms with van der Waals surface area (Å²) in [7, 11) is 0. The van der Waals surface area contributed by atoms with E-state index in [9.17, 15) is 9.59 Å². The van der Waals surface area contributed by atoms with Gasteiger partial charge in [-0.25, -0.2) is 0 Å². The lowest BCUT2D eigenvalue weighted by Crippen LogP contribution is -2.40. The number of nitrogens with zero attached hydrogens (tertiary/aromatic N) is 1. The number of carbonyl (C=O) groups excluding carboxylic acids is 2. The predicted molar refractivity (Wildman–Crippen MR) is 113 cm³/mol. The Kier molecular flexibility index (Phi) is 5.82. The molecule has 0 aromatic heterocycles. The molecule has 4 heteroatoms. The van der Waals surface area contributed by atoms with E-state index in [1.807, 2.05) is 72.8 Å². The summed E-state index contributed by atoms with van der Waals surface area (Å²) in [5, 5.41) is 0. The van der Waals surface area contributed by atoms with Crippen LogP contribution in [-0.2, 0) is 11.2 Å². The fourth-order valence-electron chi connectivity index (χ4n) is 3.53. The van der Waals surface area contributed by atoms with Crippen molar-refractivity contribution in [2.45, 2.75) is 6.42 Å². The largest absolute Gasteiger partial charge is 0.378 e. The third kappa shape index (κ3) is 4.61. The number of ketones is 1. The fraction of sp³-hybridized carbons (Fsp3) is 0.200. The van der Waals surface area contributed by atoms with Crippen molar-refractivity contribution in [1.82, 2.24) is 4.90 Å². The normalized spacial score (nSPS) is 13.9. The SMILES string of the molecule is O=C(Cc1cccc(C(=O)N2CCOCC2)c1)c1ccc(-c2ccccc2)cc1. The number of carbonyl (C=O) groups is 2. The molecule has 1 aliphatic rings. The van der Waals surface area contributed by atoms with E-state index in [2.05, 4.69) is 0 Å².